The molecule has 22 heavy (non-hydrogen) atoms. The smallest absolute Gasteiger partial charge is 0.227 e. The van der Waals surface area contributed by atoms with Crippen LogP contribution in [0.5, 0.6) is 5.75 Å². The number of oxazole rings is 1. The van der Waals surface area contributed by atoms with Crippen LogP contribution >= 0.6 is 15.9 Å². The van der Waals surface area contributed by atoms with Crippen molar-refractivity contribution in [2.45, 2.75) is 12.8 Å². The van der Waals surface area contributed by atoms with Crippen LogP contribution in [0.1, 0.15) is 12.8 Å². The molecule has 0 radical (unpaired) electrons. The summed E-state index contributed by atoms with van der Waals surface area (Å²) in [6.07, 6.45) is 2.52. The Morgan fingerprint density at radius 2 is 2.09 bits per heavy atom. The number of aromatic nitrogens is 1. The Morgan fingerprint density at radius 1 is 1.23 bits per heavy atom. The van der Waals surface area contributed by atoms with Crippen molar-refractivity contribution in [1.29, 1.82) is 0 Å². The predicted octanol–water partition coefficient (Wildman–Crippen LogP) is 4.63. The van der Waals surface area contributed by atoms with Gasteiger partial charge in [0.15, 0.2) is 5.58 Å². The van der Waals surface area contributed by atoms with Crippen molar-refractivity contribution in [2.75, 3.05) is 12.3 Å². The van der Waals surface area contributed by atoms with Gasteiger partial charge in [-0.3, -0.25) is 0 Å². The number of nitrogens with zero attached hydrogens (tertiary/aromatic N) is 1. The van der Waals surface area contributed by atoms with Gasteiger partial charge < -0.3 is 14.9 Å². The van der Waals surface area contributed by atoms with E-state index >= 15 is 0 Å². The first-order valence-corrected chi connectivity index (χ1v) is 8.07. The minimum Gasteiger partial charge on any atom is -0.491 e. The third kappa shape index (κ3) is 2.68. The van der Waals surface area contributed by atoms with E-state index in [-0.39, 0.29) is 0 Å². The van der Waals surface area contributed by atoms with Crippen LogP contribution in [0.4, 0.5) is 5.69 Å². The lowest BCUT2D eigenvalue weighted by Gasteiger charge is -2.08. The fourth-order valence-electron chi connectivity index (χ4n) is 2.33. The summed E-state index contributed by atoms with van der Waals surface area (Å²) in [5, 5.41) is 0. The Hall–Kier alpha value is -2.01. The van der Waals surface area contributed by atoms with Crippen molar-refractivity contribution < 1.29 is 9.15 Å². The van der Waals surface area contributed by atoms with E-state index in [0.717, 1.165) is 33.5 Å². The van der Waals surface area contributed by atoms with E-state index in [2.05, 4.69) is 20.9 Å². The number of halogens is 1. The highest BCUT2D eigenvalue weighted by molar-refractivity contribution is 9.10. The quantitative estimate of drug-likeness (QED) is 0.690. The number of ether oxygens (including phenoxy) is 1. The summed E-state index contributed by atoms with van der Waals surface area (Å²) in [5.74, 6) is 2.00. The maximum atomic E-state index is 6.08. The number of benzene rings is 2. The Morgan fingerprint density at radius 3 is 2.86 bits per heavy atom. The molecule has 1 aliphatic carbocycles. The number of nitrogen functional groups attached to an aromatic ring is 1. The largest absolute Gasteiger partial charge is 0.491 e. The molecule has 0 atom stereocenters. The van der Waals surface area contributed by atoms with Crippen LogP contribution in [0.25, 0.3) is 22.6 Å². The second kappa shape index (κ2) is 5.32. The number of nitrogens with two attached hydrogens (primary N) is 1. The molecule has 0 bridgehead atoms. The van der Waals surface area contributed by atoms with Crippen LogP contribution in [0.2, 0.25) is 0 Å². The lowest BCUT2D eigenvalue weighted by molar-refractivity contribution is 0.301. The molecule has 2 aromatic carbocycles. The molecular formula is C17H15BrN2O2. The van der Waals surface area contributed by atoms with E-state index < -0.39 is 0 Å². The molecule has 1 fully saturated rings. The van der Waals surface area contributed by atoms with Gasteiger partial charge in [-0.2, -0.15) is 0 Å². The predicted molar refractivity (Wildman–Crippen MR) is 89.8 cm³/mol. The molecule has 0 spiro atoms. The van der Waals surface area contributed by atoms with E-state index in [9.17, 15) is 0 Å². The zero-order valence-corrected chi connectivity index (χ0v) is 13.5. The zero-order valence-electron chi connectivity index (χ0n) is 11.9. The maximum absolute atomic E-state index is 6.08. The molecule has 112 valence electrons. The van der Waals surface area contributed by atoms with E-state index in [1.807, 2.05) is 36.4 Å². The third-order valence-electron chi connectivity index (χ3n) is 3.78. The van der Waals surface area contributed by atoms with Crippen molar-refractivity contribution in [3.63, 3.8) is 0 Å². The maximum Gasteiger partial charge on any atom is 0.227 e. The van der Waals surface area contributed by atoms with E-state index in [1.54, 1.807) is 0 Å². The first kappa shape index (κ1) is 13.6. The first-order chi connectivity index (χ1) is 10.7. The van der Waals surface area contributed by atoms with Crippen molar-refractivity contribution in [3.8, 4) is 17.2 Å². The summed E-state index contributed by atoms with van der Waals surface area (Å²) >= 11 is 3.43. The molecule has 1 aliphatic rings. The average molecular weight is 359 g/mol. The Bertz CT molecular complexity index is 840. The minimum atomic E-state index is 0.563. The zero-order chi connectivity index (χ0) is 15.1. The summed E-state index contributed by atoms with van der Waals surface area (Å²) in [4.78, 5) is 4.51. The normalized spacial score (nSPS) is 14.4. The second-order valence-electron chi connectivity index (χ2n) is 5.64. The van der Waals surface area contributed by atoms with Gasteiger partial charge in [0.2, 0.25) is 5.89 Å². The van der Waals surface area contributed by atoms with Gasteiger partial charge in [0, 0.05) is 10.0 Å². The number of hydrogen-bond donors (Lipinski definition) is 1. The number of rotatable bonds is 4. The fraction of sp³-hybridized carbons (Fsp3) is 0.235. The van der Waals surface area contributed by atoms with E-state index in [4.69, 9.17) is 14.9 Å². The molecular weight excluding hydrogens is 344 g/mol. The summed E-state index contributed by atoms with van der Waals surface area (Å²) in [7, 11) is 0. The van der Waals surface area contributed by atoms with Gasteiger partial charge in [0.25, 0.3) is 0 Å². The number of anilines is 1. The molecule has 4 nitrogen and oxygen atoms in total. The monoisotopic (exact) mass is 358 g/mol. The minimum absolute atomic E-state index is 0.563. The molecule has 4 rings (SSSR count). The van der Waals surface area contributed by atoms with Crippen molar-refractivity contribution in [2.24, 2.45) is 5.92 Å². The molecule has 1 saturated carbocycles. The van der Waals surface area contributed by atoms with E-state index in [0.29, 0.717) is 17.5 Å². The summed E-state index contributed by atoms with van der Waals surface area (Å²) in [5.41, 5.74) is 9.12. The second-order valence-corrected chi connectivity index (χ2v) is 6.55. The van der Waals surface area contributed by atoms with Gasteiger partial charge in [-0.1, -0.05) is 15.9 Å². The topological polar surface area (TPSA) is 61.3 Å². The summed E-state index contributed by atoms with van der Waals surface area (Å²) in [6, 6.07) is 11.4. The molecule has 3 aromatic rings. The average Bonchev–Trinajstić information content (AvgIpc) is 3.23. The Balaban J connectivity index is 1.63. The molecule has 0 saturated heterocycles. The van der Waals surface area contributed by atoms with Gasteiger partial charge in [-0.05, 0) is 55.2 Å². The van der Waals surface area contributed by atoms with Gasteiger partial charge in [-0.25, -0.2) is 4.98 Å². The lowest BCUT2D eigenvalue weighted by Crippen LogP contribution is -2.01. The van der Waals surface area contributed by atoms with Crippen molar-refractivity contribution in [1.82, 2.24) is 4.98 Å². The third-order valence-corrected chi connectivity index (χ3v) is 4.27. The van der Waals surface area contributed by atoms with Gasteiger partial charge in [0.05, 0.1) is 12.3 Å². The summed E-state index contributed by atoms with van der Waals surface area (Å²) < 4.78 is 12.5. The Kier molecular flexibility index (Phi) is 3.30. The molecule has 1 heterocycles. The van der Waals surface area contributed by atoms with Crippen LogP contribution in [0.15, 0.2) is 45.3 Å². The first-order valence-electron chi connectivity index (χ1n) is 7.28. The van der Waals surface area contributed by atoms with Crippen molar-refractivity contribution >= 4 is 32.7 Å². The lowest BCUT2D eigenvalue weighted by atomic mass is 10.2. The fourth-order valence-corrected chi connectivity index (χ4v) is 2.68. The molecule has 0 aliphatic heterocycles. The highest BCUT2D eigenvalue weighted by atomic mass is 79.9. The van der Waals surface area contributed by atoms with Gasteiger partial charge >= 0.3 is 0 Å². The Labute approximate surface area is 136 Å². The van der Waals surface area contributed by atoms with Crippen LogP contribution < -0.4 is 10.5 Å². The van der Waals surface area contributed by atoms with Crippen LogP contribution in [0, 0.1) is 5.92 Å². The van der Waals surface area contributed by atoms with Gasteiger partial charge in [-0.15, -0.1) is 0 Å². The van der Waals surface area contributed by atoms with Crippen LogP contribution in [-0.4, -0.2) is 11.6 Å². The molecule has 0 amide bonds. The molecule has 1 aromatic heterocycles. The molecule has 2 N–H and O–H groups in total. The molecule has 5 heteroatoms. The van der Waals surface area contributed by atoms with Crippen molar-refractivity contribution in [3.05, 3.63) is 40.9 Å². The number of fused-ring (bicyclic) bond motifs is 1. The van der Waals surface area contributed by atoms with Gasteiger partial charge in [0.1, 0.15) is 11.3 Å². The SMILES string of the molecule is Nc1cc(-c2nc3cc(Br)ccc3o2)ccc1OCC1CC1. The highest BCUT2D eigenvalue weighted by Crippen LogP contribution is 2.33. The van der Waals surface area contributed by atoms with E-state index in [1.165, 1.54) is 12.8 Å². The summed E-state index contributed by atoms with van der Waals surface area (Å²) in [6.45, 7) is 0.750. The van der Waals surface area contributed by atoms with Crippen LogP contribution in [-0.2, 0) is 0 Å². The molecule has 0 unspecified atom stereocenters. The highest BCUT2D eigenvalue weighted by Gasteiger charge is 2.22. The number of hydrogen-bond acceptors (Lipinski definition) is 4. The standard InChI is InChI=1S/C17H15BrN2O2/c18-12-4-6-16-14(8-12)20-17(22-16)11-3-5-15(13(19)7-11)21-9-10-1-2-10/h3-8,10H,1-2,9,19H2. The van der Waals surface area contributed by atoms with Crippen LogP contribution in [0.3, 0.4) is 0 Å².